The van der Waals surface area contributed by atoms with Crippen molar-refractivity contribution in [3.05, 3.63) is 41.5 Å². The molecule has 0 saturated carbocycles. The van der Waals surface area contributed by atoms with Crippen LogP contribution in [0.2, 0.25) is 0 Å². The van der Waals surface area contributed by atoms with Crippen molar-refractivity contribution in [2.75, 3.05) is 13.7 Å². The van der Waals surface area contributed by atoms with Gasteiger partial charge < -0.3 is 9.26 Å². The van der Waals surface area contributed by atoms with Gasteiger partial charge in [-0.15, -0.1) is 0 Å². The Hall–Kier alpha value is -1.88. The summed E-state index contributed by atoms with van der Waals surface area (Å²) in [5, 5.41) is 4.04. The first-order chi connectivity index (χ1) is 10.8. The van der Waals surface area contributed by atoms with Crippen LogP contribution in [-0.2, 0) is 13.0 Å². The Balaban J connectivity index is 1.75. The van der Waals surface area contributed by atoms with Crippen molar-refractivity contribution < 1.29 is 9.26 Å². The van der Waals surface area contributed by atoms with Crippen molar-refractivity contribution in [3.8, 4) is 5.75 Å². The highest BCUT2D eigenvalue weighted by Gasteiger charge is 2.29. The van der Waals surface area contributed by atoms with Gasteiger partial charge in [0.15, 0.2) is 5.82 Å². The van der Waals surface area contributed by atoms with E-state index in [4.69, 9.17) is 9.26 Å². The summed E-state index contributed by atoms with van der Waals surface area (Å²) < 4.78 is 10.9. The van der Waals surface area contributed by atoms with Crippen molar-refractivity contribution in [2.24, 2.45) is 0 Å². The normalized spacial score (nSPS) is 18.7. The molecule has 0 amide bonds. The summed E-state index contributed by atoms with van der Waals surface area (Å²) >= 11 is 0. The predicted octanol–water partition coefficient (Wildman–Crippen LogP) is 3.37. The zero-order chi connectivity index (χ0) is 15.4. The summed E-state index contributed by atoms with van der Waals surface area (Å²) in [6, 6.07) is 8.62. The highest BCUT2D eigenvalue weighted by molar-refractivity contribution is 5.36. The van der Waals surface area contributed by atoms with Crippen molar-refractivity contribution in [1.29, 1.82) is 0 Å². The summed E-state index contributed by atoms with van der Waals surface area (Å²) in [7, 11) is 1.73. The second-order valence-electron chi connectivity index (χ2n) is 5.72. The van der Waals surface area contributed by atoms with Crippen molar-refractivity contribution in [3.63, 3.8) is 0 Å². The van der Waals surface area contributed by atoms with E-state index < -0.39 is 0 Å². The second-order valence-corrected chi connectivity index (χ2v) is 5.72. The molecule has 0 aliphatic carbocycles. The lowest BCUT2D eigenvalue weighted by atomic mass is 10.0. The van der Waals surface area contributed by atoms with Crippen LogP contribution in [-0.4, -0.2) is 28.7 Å². The Labute approximate surface area is 131 Å². The molecule has 1 fully saturated rings. The first kappa shape index (κ1) is 15.0. The van der Waals surface area contributed by atoms with Crippen molar-refractivity contribution in [2.45, 2.75) is 45.2 Å². The number of hydrogen-bond donors (Lipinski definition) is 0. The number of likely N-dealkylation sites (tertiary alicyclic amines) is 1. The minimum Gasteiger partial charge on any atom is -0.496 e. The number of para-hydroxylation sites is 1. The number of rotatable bonds is 6. The molecule has 0 radical (unpaired) electrons. The molecular weight excluding hydrogens is 278 g/mol. The molecule has 3 rings (SSSR count). The molecule has 1 aliphatic rings. The number of hydrogen-bond acceptors (Lipinski definition) is 5. The summed E-state index contributed by atoms with van der Waals surface area (Å²) in [6.45, 7) is 3.88. The predicted molar refractivity (Wildman–Crippen MR) is 83.7 cm³/mol. The molecule has 1 aromatic heterocycles. The molecule has 0 bridgehead atoms. The average molecular weight is 301 g/mol. The van der Waals surface area contributed by atoms with Crippen LogP contribution in [0.4, 0.5) is 0 Å². The molecule has 2 aromatic rings. The maximum Gasteiger partial charge on any atom is 0.240 e. The Kier molecular flexibility index (Phi) is 4.73. The monoisotopic (exact) mass is 301 g/mol. The molecule has 5 nitrogen and oxygen atoms in total. The first-order valence-electron chi connectivity index (χ1n) is 8.00. The molecule has 2 heterocycles. The van der Waals surface area contributed by atoms with Crippen LogP contribution >= 0.6 is 0 Å². The second kappa shape index (κ2) is 6.92. The van der Waals surface area contributed by atoms with Gasteiger partial charge in [-0.1, -0.05) is 30.3 Å². The van der Waals surface area contributed by atoms with Crippen LogP contribution < -0.4 is 4.74 Å². The van der Waals surface area contributed by atoms with Crippen LogP contribution in [0.5, 0.6) is 5.75 Å². The lowest BCUT2D eigenvalue weighted by Gasteiger charge is -2.24. The Morgan fingerprint density at radius 3 is 3.05 bits per heavy atom. The van der Waals surface area contributed by atoms with E-state index in [1.807, 2.05) is 12.1 Å². The number of ether oxygens (including phenoxy) is 1. The molecule has 1 saturated heterocycles. The lowest BCUT2D eigenvalue weighted by molar-refractivity contribution is 0.209. The topological polar surface area (TPSA) is 51.4 Å². The molecule has 118 valence electrons. The number of benzene rings is 1. The molecule has 0 spiro atoms. The zero-order valence-electron chi connectivity index (χ0n) is 13.3. The molecule has 1 aliphatic heterocycles. The van der Waals surface area contributed by atoms with Gasteiger partial charge in [0.1, 0.15) is 5.75 Å². The van der Waals surface area contributed by atoms with E-state index >= 15 is 0 Å². The lowest BCUT2D eigenvalue weighted by Crippen LogP contribution is -2.23. The van der Waals surface area contributed by atoms with Crippen LogP contribution in [0.15, 0.2) is 28.8 Å². The maximum atomic E-state index is 5.51. The van der Waals surface area contributed by atoms with E-state index in [1.165, 1.54) is 12.0 Å². The third-order valence-corrected chi connectivity index (χ3v) is 4.18. The van der Waals surface area contributed by atoms with Gasteiger partial charge in [-0.3, -0.25) is 4.90 Å². The van der Waals surface area contributed by atoms with Gasteiger partial charge in [0, 0.05) is 18.0 Å². The van der Waals surface area contributed by atoms with E-state index in [1.54, 1.807) is 7.11 Å². The van der Waals surface area contributed by atoms with Gasteiger partial charge in [0.2, 0.25) is 5.89 Å². The largest absolute Gasteiger partial charge is 0.496 e. The standard InChI is InChI=1S/C17H23N3O2/c1-3-7-16-18-17(22-19-16)12-20-11-6-9-14(20)13-8-4-5-10-15(13)21-2/h4-5,8,10,14H,3,6-7,9,11-12H2,1-2H3. The maximum absolute atomic E-state index is 5.51. The minimum atomic E-state index is 0.359. The van der Waals surface area contributed by atoms with Gasteiger partial charge in [-0.05, 0) is 31.9 Å². The fraction of sp³-hybridized carbons (Fsp3) is 0.529. The van der Waals surface area contributed by atoms with Gasteiger partial charge in [0.25, 0.3) is 0 Å². The zero-order valence-corrected chi connectivity index (χ0v) is 13.3. The highest BCUT2D eigenvalue weighted by atomic mass is 16.5. The summed E-state index contributed by atoms with van der Waals surface area (Å²) in [5.41, 5.74) is 1.25. The fourth-order valence-electron chi connectivity index (χ4n) is 3.16. The van der Waals surface area contributed by atoms with Gasteiger partial charge in [-0.2, -0.15) is 4.98 Å². The molecule has 0 N–H and O–H groups in total. The van der Waals surface area contributed by atoms with Crippen LogP contribution in [0.1, 0.15) is 49.5 Å². The highest BCUT2D eigenvalue weighted by Crippen LogP contribution is 2.37. The van der Waals surface area contributed by atoms with Gasteiger partial charge in [0.05, 0.1) is 13.7 Å². The van der Waals surface area contributed by atoms with Crippen LogP contribution in [0.25, 0.3) is 0 Å². The molecule has 22 heavy (non-hydrogen) atoms. The molecule has 5 heteroatoms. The van der Waals surface area contributed by atoms with E-state index in [0.717, 1.165) is 37.4 Å². The molecular formula is C17H23N3O2. The number of methoxy groups -OCH3 is 1. The third kappa shape index (κ3) is 3.14. The minimum absolute atomic E-state index is 0.359. The smallest absolute Gasteiger partial charge is 0.240 e. The van der Waals surface area contributed by atoms with E-state index in [2.05, 4.69) is 34.1 Å². The summed E-state index contributed by atoms with van der Waals surface area (Å²) in [6.07, 6.45) is 4.22. The summed E-state index contributed by atoms with van der Waals surface area (Å²) in [4.78, 5) is 6.89. The van der Waals surface area contributed by atoms with Crippen LogP contribution in [0.3, 0.4) is 0 Å². The van der Waals surface area contributed by atoms with E-state index in [9.17, 15) is 0 Å². The molecule has 1 atom stereocenters. The fourth-order valence-corrected chi connectivity index (χ4v) is 3.16. The van der Waals surface area contributed by atoms with Gasteiger partial charge >= 0.3 is 0 Å². The first-order valence-corrected chi connectivity index (χ1v) is 8.00. The van der Waals surface area contributed by atoms with Crippen molar-refractivity contribution >= 4 is 0 Å². The number of aromatic nitrogens is 2. The quantitative estimate of drug-likeness (QED) is 0.819. The Morgan fingerprint density at radius 1 is 1.36 bits per heavy atom. The van der Waals surface area contributed by atoms with Gasteiger partial charge in [-0.25, -0.2) is 0 Å². The Morgan fingerprint density at radius 2 is 2.23 bits per heavy atom. The SMILES string of the molecule is CCCc1noc(CN2CCCC2c2ccccc2OC)n1. The van der Waals surface area contributed by atoms with Crippen LogP contribution in [0, 0.1) is 0 Å². The molecule has 1 unspecified atom stereocenters. The van der Waals surface area contributed by atoms with E-state index in [-0.39, 0.29) is 0 Å². The summed E-state index contributed by atoms with van der Waals surface area (Å²) in [5.74, 6) is 2.48. The van der Waals surface area contributed by atoms with Crippen molar-refractivity contribution in [1.82, 2.24) is 15.0 Å². The average Bonchev–Trinajstić information content (AvgIpc) is 3.18. The number of aryl methyl sites for hydroxylation is 1. The molecule has 1 aromatic carbocycles. The number of nitrogens with zero attached hydrogens (tertiary/aromatic N) is 3. The third-order valence-electron chi connectivity index (χ3n) is 4.18. The van der Waals surface area contributed by atoms with E-state index in [0.29, 0.717) is 18.5 Å². The Bertz CT molecular complexity index is 611.